The Balaban J connectivity index is 2.23. The first-order valence-electron chi connectivity index (χ1n) is 4.23. The smallest absolute Gasteiger partial charge is 0.167 e. The minimum absolute atomic E-state index is 0.0828. The third-order valence-corrected chi connectivity index (χ3v) is 1.98. The maximum atomic E-state index is 8.94. The number of thiocarbonyl (C=S) groups is 1. The van der Waals surface area contributed by atoms with E-state index in [0.717, 1.165) is 0 Å². The molecule has 1 saturated carbocycles. The van der Waals surface area contributed by atoms with Gasteiger partial charge >= 0.3 is 0 Å². The molecule has 12 heavy (non-hydrogen) atoms. The molecule has 0 heterocycles. The summed E-state index contributed by atoms with van der Waals surface area (Å²) in [4.78, 5) is 0. The van der Waals surface area contributed by atoms with Crippen LogP contribution in [0.3, 0.4) is 0 Å². The van der Waals surface area contributed by atoms with E-state index in [1.807, 2.05) is 13.8 Å². The zero-order valence-electron chi connectivity index (χ0n) is 7.55. The monoisotopic (exact) mass is 188 g/mol. The van der Waals surface area contributed by atoms with Crippen LogP contribution >= 0.6 is 12.2 Å². The van der Waals surface area contributed by atoms with Crippen LogP contribution in [0.5, 0.6) is 0 Å². The number of hydrogen-bond acceptors (Lipinski definition) is 2. The second-order valence-electron chi connectivity index (χ2n) is 3.91. The minimum atomic E-state index is -0.320. The lowest BCUT2D eigenvalue weighted by Crippen LogP contribution is -2.50. The summed E-state index contributed by atoms with van der Waals surface area (Å²) in [6.45, 7) is 3.90. The number of aliphatic hydroxyl groups excluding tert-OH is 1. The van der Waals surface area contributed by atoms with E-state index in [1.165, 1.54) is 12.8 Å². The second kappa shape index (κ2) is 3.58. The predicted molar refractivity (Wildman–Crippen MR) is 53.1 cm³/mol. The Morgan fingerprint density at radius 1 is 1.58 bits per heavy atom. The molecule has 0 spiro atoms. The summed E-state index contributed by atoms with van der Waals surface area (Å²) in [6, 6.07) is 0.569. The standard InChI is InChI=1S/C8H16N2OS/c1-8(2,5-11)10-7(12)9-6-3-4-6/h6,11H,3-5H2,1-2H3,(H2,9,10,12). The number of rotatable bonds is 3. The van der Waals surface area contributed by atoms with Gasteiger partial charge < -0.3 is 15.7 Å². The van der Waals surface area contributed by atoms with Crippen molar-refractivity contribution in [2.45, 2.75) is 38.3 Å². The molecular weight excluding hydrogens is 172 g/mol. The van der Waals surface area contributed by atoms with Crippen LogP contribution in [0.4, 0.5) is 0 Å². The molecule has 0 aliphatic heterocycles. The van der Waals surface area contributed by atoms with Crippen molar-refractivity contribution < 1.29 is 5.11 Å². The second-order valence-corrected chi connectivity index (χ2v) is 4.32. The van der Waals surface area contributed by atoms with E-state index < -0.39 is 0 Å². The summed E-state index contributed by atoms with van der Waals surface area (Å²) in [5, 5.41) is 15.8. The summed E-state index contributed by atoms with van der Waals surface area (Å²) in [7, 11) is 0. The van der Waals surface area contributed by atoms with Crippen LogP contribution in [0.15, 0.2) is 0 Å². The molecule has 3 N–H and O–H groups in total. The molecule has 0 unspecified atom stereocenters. The fourth-order valence-corrected chi connectivity index (χ4v) is 1.24. The van der Waals surface area contributed by atoms with Crippen molar-refractivity contribution in [1.82, 2.24) is 10.6 Å². The van der Waals surface area contributed by atoms with Gasteiger partial charge in [-0.05, 0) is 38.9 Å². The van der Waals surface area contributed by atoms with Crippen molar-refractivity contribution in [1.29, 1.82) is 0 Å². The molecule has 0 aromatic heterocycles. The molecule has 0 saturated heterocycles. The van der Waals surface area contributed by atoms with E-state index in [-0.39, 0.29) is 12.1 Å². The zero-order valence-corrected chi connectivity index (χ0v) is 8.37. The Kier molecular flexibility index (Phi) is 2.90. The minimum Gasteiger partial charge on any atom is -0.394 e. The van der Waals surface area contributed by atoms with E-state index in [4.69, 9.17) is 17.3 Å². The lowest BCUT2D eigenvalue weighted by Gasteiger charge is -2.25. The van der Waals surface area contributed by atoms with Crippen molar-refractivity contribution in [3.05, 3.63) is 0 Å². The van der Waals surface area contributed by atoms with Crippen LogP contribution in [0.25, 0.3) is 0 Å². The molecule has 0 aromatic rings. The Hall–Kier alpha value is -0.350. The van der Waals surface area contributed by atoms with Gasteiger partial charge in [0.2, 0.25) is 0 Å². The van der Waals surface area contributed by atoms with Gasteiger partial charge in [-0.25, -0.2) is 0 Å². The van der Waals surface area contributed by atoms with Crippen LogP contribution in [0, 0.1) is 0 Å². The van der Waals surface area contributed by atoms with Crippen LogP contribution in [0.2, 0.25) is 0 Å². The van der Waals surface area contributed by atoms with E-state index >= 15 is 0 Å². The topological polar surface area (TPSA) is 44.3 Å². The van der Waals surface area contributed by atoms with Gasteiger partial charge in [-0.1, -0.05) is 0 Å². The summed E-state index contributed by atoms with van der Waals surface area (Å²) in [5.41, 5.74) is -0.320. The van der Waals surface area contributed by atoms with Crippen LogP contribution in [-0.4, -0.2) is 28.4 Å². The van der Waals surface area contributed by atoms with Gasteiger partial charge in [-0.15, -0.1) is 0 Å². The molecule has 0 radical (unpaired) electrons. The highest BCUT2D eigenvalue weighted by molar-refractivity contribution is 7.80. The third kappa shape index (κ3) is 3.36. The molecule has 0 bridgehead atoms. The first-order chi connectivity index (χ1) is 5.53. The summed E-state index contributed by atoms with van der Waals surface area (Å²) < 4.78 is 0. The zero-order chi connectivity index (χ0) is 9.19. The summed E-state index contributed by atoms with van der Waals surface area (Å²) >= 11 is 5.05. The average Bonchev–Trinajstić information content (AvgIpc) is 2.70. The highest BCUT2D eigenvalue weighted by Gasteiger charge is 2.24. The maximum Gasteiger partial charge on any atom is 0.167 e. The lowest BCUT2D eigenvalue weighted by molar-refractivity contribution is 0.206. The molecule has 0 aromatic carbocycles. The third-order valence-electron chi connectivity index (χ3n) is 1.76. The molecular formula is C8H16N2OS. The average molecular weight is 188 g/mol. The largest absolute Gasteiger partial charge is 0.394 e. The van der Waals surface area contributed by atoms with Gasteiger partial charge in [0.15, 0.2) is 5.11 Å². The number of aliphatic hydroxyl groups is 1. The molecule has 1 aliphatic carbocycles. The van der Waals surface area contributed by atoms with E-state index in [2.05, 4.69) is 10.6 Å². The van der Waals surface area contributed by atoms with E-state index in [9.17, 15) is 0 Å². The molecule has 3 nitrogen and oxygen atoms in total. The first-order valence-corrected chi connectivity index (χ1v) is 4.64. The molecule has 1 rings (SSSR count). The molecule has 0 atom stereocenters. The number of nitrogens with one attached hydrogen (secondary N) is 2. The van der Waals surface area contributed by atoms with Crippen molar-refractivity contribution in [3.63, 3.8) is 0 Å². The summed E-state index contributed by atoms with van der Waals surface area (Å²) in [6.07, 6.45) is 2.42. The van der Waals surface area contributed by atoms with E-state index in [1.54, 1.807) is 0 Å². The molecule has 1 fully saturated rings. The summed E-state index contributed by atoms with van der Waals surface area (Å²) in [5.74, 6) is 0. The molecule has 70 valence electrons. The van der Waals surface area contributed by atoms with Gasteiger partial charge in [0.1, 0.15) is 0 Å². The van der Waals surface area contributed by atoms with Gasteiger partial charge in [0, 0.05) is 6.04 Å². The Morgan fingerprint density at radius 3 is 2.58 bits per heavy atom. The quantitative estimate of drug-likeness (QED) is 0.560. The number of hydrogen-bond donors (Lipinski definition) is 3. The van der Waals surface area contributed by atoms with Crippen molar-refractivity contribution in [3.8, 4) is 0 Å². The van der Waals surface area contributed by atoms with Crippen LogP contribution in [-0.2, 0) is 0 Å². The SMILES string of the molecule is CC(C)(CO)NC(=S)NC1CC1. The molecule has 4 heteroatoms. The van der Waals surface area contributed by atoms with Gasteiger partial charge in [0.05, 0.1) is 12.1 Å². The van der Waals surface area contributed by atoms with Gasteiger partial charge in [0.25, 0.3) is 0 Å². The van der Waals surface area contributed by atoms with Crippen LogP contribution in [0.1, 0.15) is 26.7 Å². The van der Waals surface area contributed by atoms with Crippen LogP contribution < -0.4 is 10.6 Å². The first kappa shape index (κ1) is 9.74. The van der Waals surface area contributed by atoms with E-state index in [0.29, 0.717) is 11.2 Å². The normalized spacial score (nSPS) is 17.2. The highest BCUT2D eigenvalue weighted by atomic mass is 32.1. The van der Waals surface area contributed by atoms with Crippen molar-refractivity contribution in [2.24, 2.45) is 0 Å². The fraction of sp³-hybridized carbons (Fsp3) is 0.875. The van der Waals surface area contributed by atoms with Crippen molar-refractivity contribution in [2.75, 3.05) is 6.61 Å². The Labute approximate surface area is 78.5 Å². The predicted octanol–water partition coefficient (Wildman–Crippen LogP) is 0.384. The van der Waals surface area contributed by atoms with Gasteiger partial charge in [-0.2, -0.15) is 0 Å². The highest BCUT2D eigenvalue weighted by Crippen LogP contribution is 2.18. The lowest BCUT2D eigenvalue weighted by atomic mass is 10.1. The van der Waals surface area contributed by atoms with Gasteiger partial charge in [-0.3, -0.25) is 0 Å². The maximum absolute atomic E-state index is 8.94. The Morgan fingerprint density at radius 2 is 2.17 bits per heavy atom. The fourth-order valence-electron chi connectivity index (χ4n) is 0.796. The molecule has 0 amide bonds. The van der Waals surface area contributed by atoms with Crippen molar-refractivity contribution >= 4 is 17.3 Å². The Bertz CT molecular complexity index is 178. The molecule has 1 aliphatic rings.